The van der Waals surface area contributed by atoms with Crippen molar-refractivity contribution in [3.63, 3.8) is 0 Å². The van der Waals surface area contributed by atoms with Crippen LogP contribution in [0.4, 0.5) is 0 Å². The van der Waals surface area contributed by atoms with Gasteiger partial charge in [0.25, 0.3) is 0 Å². The van der Waals surface area contributed by atoms with Crippen LogP contribution >= 0.6 is 23.5 Å². The molecule has 0 aliphatic rings. The van der Waals surface area contributed by atoms with E-state index in [2.05, 4.69) is 24.9 Å². The summed E-state index contributed by atoms with van der Waals surface area (Å²) >= 11 is 4.08. The van der Waals surface area contributed by atoms with Gasteiger partial charge in [0.05, 0.1) is 0 Å². The summed E-state index contributed by atoms with van der Waals surface area (Å²) in [6, 6.07) is 0. The van der Waals surface area contributed by atoms with Gasteiger partial charge in [-0.15, -0.1) is 0 Å². The molecule has 2 heteroatoms. The minimum absolute atomic E-state index is 1.34. The van der Waals surface area contributed by atoms with Gasteiger partial charge < -0.3 is 0 Å². The maximum Gasteiger partial charge on any atom is -0.00672 e. The summed E-state index contributed by atoms with van der Waals surface area (Å²) in [5.74, 6) is 4.09. The lowest BCUT2D eigenvalue weighted by atomic mass is 10.4. The van der Waals surface area contributed by atoms with Crippen LogP contribution in [0.2, 0.25) is 0 Å². The van der Waals surface area contributed by atoms with Crippen molar-refractivity contribution in [3.8, 4) is 0 Å². The Hall–Kier alpha value is 0.700. The van der Waals surface area contributed by atoms with Gasteiger partial charge in [-0.3, -0.25) is 0 Å². The van der Waals surface area contributed by atoms with Gasteiger partial charge in [0.15, 0.2) is 0 Å². The Labute approximate surface area is 79.9 Å². The lowest BCUT2D eigenvalue weighted by molar-refractivity contribution is 0.884. The maximum atomic E-state index is 2.26. The van der Waals surface area contributed by atoms with Crippen molar-refractivity contribution >= 4 is 23.5 Å². The molecule has 0 radical (unpaired) electrons. The molecule has 0 rings (SSSR count). The fourth-order valence-electron chi connectivity index (χ4n) is 0.799. The SMILES string of the molecule is CCCCSCCCCSC. The standard InChI is InChI=1S/C9H20S2/c1-3-4-8-11-9-6-5-7-10-2/h3-9H2,1-2H3. The fraction of sp³-hybridized carbons (Fsp3) is 1.00. The fourth-order valence-corrected chi connectivity index (χ4v) is 2.40. The first-order valence-electron chi connectivity index (χ1n) is 4.48. The lowest BCUT2D eigenvalue weighted by Crippen LogP contribution is -1.85. The van der Waals surface area contributed by atoms with Gasteiger partial charge in [0.1, 0.15) is 0 Å². The first-order valence-corrected chi connectivity index (χ1v) is 7.03. The summed E-state index contributed by atoms with van der Waals surface area (Å²) in [7, 11) is 0. The molecular weight excluding hydrogens is 172 g/mol. The van der Waals surface area contributed by atoms with E-state index in [0.717, 1.165) is 0 Å². The molecular formula is C9H20S2. The van der Waals surface area contributed by atoms with E-state index in [9.17, 15) is 0 Å². The summed E-state index contributed by atoms with van der Waals surface area (Å²) < 4.78 is 0. The molecule has 0 aromatic carbocycles. The average Bonchev–Trinajstić information content (AvgIpc) is 2.03. The highest BCUT2D eigenvalue weighted by Gasteiger charge is 1.89. The van der Waals surface area contributed by atoms with Crippen LogP contribution in [0, 0.1) is 0 Å². The largest absolute Gasteiger partial charge is 0.165 e. The second kappa shape index (κ2) is 10.7. The van der Waals surface area contributed by atoms with Gasteiger partial charge in [-0.05, 0) is 42.8 Å². The van der Waals surface area contributed by atoms with E-state index >= 15 is 0 Å². The van der Waals surface area contributed by atoms with Crippen LogP contribution < -0.4 is 0 Å². The van der Waals surface area contributed by atoms with E-state index in [1.165, 1.54) is 42.9 Å². The average molecular weight is 192 g/mol. The van der Waals surface area contributed by atoms with Crippen LogP contribution in [0.1, 0.15) is 32.6 Å². The first-order chi connectivity index (χ1) is 5.41. The number of thioether (sulfide) groups is 2. The monoisotopic (exact) mass is 192 g/mol. The second-order valence-electron chi connectivity index (χ2n) is 2.67. The van der Waals surface area contributed by atoms with Crippen LogP contribution in [0.15, 0.2) is 0 Å². The molecule has 0 fully saturated rings. The summed E-state index contributed by atoms with van der Waals surface area (Å²) in [5.41, 5.74) is 0. The molecule has 0 aliphatic carbocycles. The van der Waals surface area contributed by atoms with E-state index in [0.29, 0.717) is 0 Å². The zero-order chi connectivity index (χ0) is 8.36. The van der Waals surface area contributed by atoms with Crippen LogP contribution in [-0.4, -0.2) is 23.5 Å². The molecule has 0 heterocycles. The zero-order valence-electron chi connectivity index (χ0n) is 7.77. The van der Waals surface area contributed by atoms with E-state index in [-0.39, 0.29) is 0 Å². The third-order valence-corrected chi connectivity index (χ3v) is 3.38. The summed E-state index contributed by atoms with van der Waals surface area (Å²) in [6.07, 6.45) is 7.74. The number of hydrogen-bond donors (Lipinski definition) is 0. The maximum absolute atomic E-state index is 2.26. The molecule has 0 saturated carbocycles. The Morgan fingerprint density at radius 1 is 0.909 bits per heavy atom. The Balaban J connectivity index is 2.69. The van der Waals surface area contributed by atoms with Crippen LogP contribution in [-0.2, 0) is 0 Å². The molecule has 11 heavy (non-hydrogen) atoms. The van der Waals surface area contributed by atoms with Gasteiger partial charge in [-0.1, -0.05) is 13.3 Å². The Bertz CT molecular complexity index is 56.6. The molecule has 0 amide bonds. The number of hydrogen-bond acceptors (Lipinski definition) is 2. The Morgan fingerprint density at radius 2 is 1.55 bits per heavy atom. The molecule has 0 aliphatic heterocycles. The molecule has 68 valence electrons. The molecule has 0 bridgehead atoms. The summed E-state index contributed by atoms with van der Waals surface area (Å²) in [4.78, 5) is 0. The van der Waals surface area contributed by atoms with Crippen molar-refractivity contribution in [1.82, 2.24) is 0 Å². The zero-order valence-corrected chi connectivity index (χ0v) is 9.40. The van der Waals surface area contributed by atoms with Crippen molar-refractivity contribution in [1.29, 1.82) is 0 Å². The van der Waals surface area contributed by atoms with Crippen molar-refractivity contribution in [2.45, 2.75) is 32.6 Å². The minimum atomic E-state index is 1.34. The van der Waals surface area contributed by atoms with E-state index in [1.54, 1.807) is 0 Å². The minimum Gasteiger partial charge on any atom is -0.165 e. The Morgan fingerprint density at radius 3 is 2.18 bits per heavy atom. The van der Waals surface area contributed by atoms with Crippen LogP contribution in [0.25, 0.3) is 0 Å². The third-order valence-electron chi connectivity index (χ3n) is 1.53. The highest BCUT2D eigenvalue weighted by atomic mass is 32.2. The smallest absolute Gasteiger partial charge is 0.00672 e. The Kier molecular flexibility index (Phi) is 11.4. The molecule has 0 N–H and O–H groups in total. The van der Waals surface area contributed by atoms with E-state index < -0.39 is 0 Å². The predicted molar refractivity (Wildman–Crippen MR) is 59.8 cm³/mol. The quantitative estimate of drug-likeness (QED) is 0.538. The van der Waals surface area contributed by atoms with E-state index in [1.807, 2.05) is 11.8 Å². The normalized spacial score (nSPS) is 10.4. The van der Waals surface area contributed by atoms with Crippen molar-refractivity contribution in [2.24, 2.45) is 0 Å². The summed E-state index contributed by atoms with van der Waals surface area (Å²) in [5, 5.41) is 0. The highest BCUT2D eigenvalue weighted by molar-refractivity contribution is 7.99. The first kappa shape index (κ1) is 11.7. The molecule has 0 spiro atoms. The van der Waals surface area contributed by atoms with E-state index in [4.69, 9.17) is 0 Å². The van der Waals surface area contributed by atoms with Crippen LogP contribution in [0.3, 0.4) is 0 Å². The molecule has 0 atom stereocenters. The van der Waals surface area contributed by atoms with Gasteiger partial charge in [0.2, 0.25) is 0 Å². The van der Waals surface area contributed by atoms with Crippen molar-refractivity contribution in [2.75, 3.05) is 23.5 Å². The predicted octanol–water partition coefficient (Wildman–Crippen LogP) is 3.66. The molecule has 0 aromatic heterocycles. The molecule has 0 saturated heterocycles. The van der Waals surface area contributed by atoms with Gasteiger partial charge in [-0.25, -0.2) is 0 Å². The molecule has 0 aromatic rings. The van der Waals surface area contributed by atoms with Crippen molar-refractivity contribution in [3.05, 3.63) is 0 Å². The lowest BCUT2D eigenvalue weighted by Gasteiger charge is -1.99. The van der Waals surface area contributed by atoms with Gasteiger partial charge >= 0.3 is 0 Å². The van der Waals surface area contributed by atoms with Crippen LogP contribution in [0.5, 0.6) is 0 Å². The number of rotatable bonds is 8. The second-order valence-corrected chi connectivity index (χ2v) is 4.88. The van der Waals surface area contributed by atoms with Gasteiger partial charge in [-0.2, -0.15) is 23.5 Å². The highest BCUT2D eigenvalue weighted by Crippen LogP contribution is 2.08. The molecule has 0 unspecified atom stereocenters. The molecule has 0 nitrogen and oxygen atoms in total. The topological polar surface area (TPSA) is 0 Å². The van der Waals surface area contributed by atoms with Gasteiger partial charge in [0, 0.05) is 0 Å². The number of unbranched alkanes of at least 4 members (excludes halogenated alkanes) is 2. The summed E-state index contributed by atoms with van der Waals surface area (Å²) in [6.45, 7) is 2.26. The third kappa shape index (κ3) is 10.7. The van der Waals surface area contributed by atoms with Crippen molar-refractivity contribution < 1.29 is 0 Å².